The fraction of sp³-hybridized carbons (Fsp3) is 0.414. The molecule has 4 aliphatic rings. The van der Waals surface area contributed by atoms with E-state index in [0.717, 1.165) is 17.0 Å². The van der Waals surface area contributed by atoms with Gasteiger partial charge in [-0.25, -0.2) is 9.69 Å². The van der Waals surface area contributed by atoms with E-state index in [0.29, 0.717) is 23.0 Å². The Morgan fingerprint density at radius 1 is 0.964 bits per heavy atom. The van der Waals surface area contributed by atoms with Gasteiger partial charge in [0.25, 0.3) is 11.8 Å². The van der Waals surface area contributed by atoms with Crippen LogP contribution in [0, 0.1) is 23.2 Å². The number of amides is 4. The van der Waals surface area contributed by atoms with E-state index >= 15 is 0 Å². The first-order chi connectivity index (χ1) is 39.8. The molecule has 84 heavy (non-hydrogen) atoms. The molecule has 4 aromatic rings. The number of aliphatic hydroxyl groups is 3. The number of anilines is 1. The molecule has 4 aromatic carbocycles. The van der Waals surface area contributed by atoms with Crippen LogP contribution >= 0.6 is 0 Å². The van der Waals surface area contributed by atoms with E-state index in [1.165, 1.54) is 64.3 Å². The number of phenols is 2. The zero-order valence-electron chi connectivity index (χ0n) is 45.9. The number of fused-ring (bicyclic) bond motifs is 3. The molecule has 0 aromatic heterocycles. The van der Waals surface area contributed by atoms with Crippen LogP contribution in [0.1, 0.15) is 130 Å². The number of benzene rings is 4. The molecule has 8 rings (SSSR count). The summed E-state index contributed by atoms with van der Waals surface area (Å²) in [7, 11) is 1.28. The fourth-order valence-corrected chi connectivity index (χ4v) is 10.4. The van der Waals surface area contributed by atoms with E-state index in [-0.39, 0.29) is 84.3 Å². The van der Waals surface area contributed by atoms with Crippen molar-refractivity contribution in [1.29, 1.82) is 5.26 Å². The molecular formula is C58H58F3N5O18. The largest absolute Gasteiger partial charge is 0.507 e. The normalized spacial score (nSPS) is 21.6. The third kappa shape index (κ3) is 12.0. The summed E-state index contributed by atoms with van der Waals surface area (Å²) in [6.07, 6.45) is -11.0. The van der Waals surface area contributed by atoms with E-state index in [1.807, 2.05) is 0 Å². The van der Waals surface area contributed by atoms with Crippen molar-refractivity contribution in [2.45, 2.75) is 114 Å². The molecule has 6 atom stereocenters. The summed E-state index contributed by atoms with van der Waals surface area (Å²) < 4.78 is 75.4. The predicted molar refractivity (Wildman–Crippen MR) is 283 cm³/mol. The first-order valence-electron chi connectivity index (χ1n) is 26.3. The molecule has 23 nitrogen and oxygen atoms in total. The van der Waals surface area contributed by atoms with Crippen molar-refractivity contribution in [2.24, 2.45) is 0 Å². The van der Waals surface area contributed by atoms with Crippen molar-refractivity contribution in [1.82, 2.24) is 15.5 Å². The van der Waals surface area contributed by atoms with Crippen molar-refractivity contribution in [3.8, 4) is 40.9 Å². The van der Waals surface area contributed by atoms with Crippen LogP contribution < -0.4 is 25.0 Å². The number of aliphatic hydroxyl groups excluding tert-OH is 2. The third-order valence-corrected chi connectivity index (χ3v) is 14.9. The average Bonchev–Trinajstić information content (AvgIpc) is 0.888. The number of nitrogens with zero attached hydrogens (tertiary/aromatic N) is 3. The summed E-state index contributed by atoms with van der Waals surface area (Å²) in [6, 6.07) is 10.7. The number of rotatable bonds is 19. The van der Waals surface area contributed by atoms with Gasteiger partial charge < -0.3 is 59.3 Å². The number of imide groups is 1. The SMILES string of the molecule is CCCC(=O)OCOc1ccc(COCC#CCN2C(=O)N(c3ccc(C#N)c(C(F)(F)F)c3)C(=O)C2(C)C)cc1C(=O)NCN[C@H]1C[C@H](O[C@H]2C[C@](O)(C(=O)CO)Cc3c(O)c4c(c(O)c32)C(=O)c2c(OC)cccc2C4=O)O[C@@H](C)[C@H]1O. The highest BCUT2D eigenvalue weighted by Gasteiger charge is 2.53. The summed E-state index contributed by atoms with van der Waals surface area (Å²) in [5.74, 6) is -1.04. The number of carbonyl (C=O) groups is 7. The molecule has 0 unspecified atom stereocenters. The molecule has 0 bridgehead atoms. The lowest BCUT2D eigenvalue weighted by Gasteiger charge is -2.43. The minimum absolute atomic E-state index is 0.0111. The van der Waals surface area contributed by atoms with Gasteiger partial charge in [0.15, 0.2) is 17.9 Å². The second-order valence-electron chi connectivity index (χ2n) is 20.6. The minimum Gasteiger partial charge on any atom is -0.507 e. The van der Waals surface area contributed by atoms with Crippen LogP contribution in [0.2, 0.25) is 0 Å². The van der Waals surface area contributed by atoms with Crippen LogP contribution in [0.3, 0.4) is 0 Å². The smallest absolute Gasteiger partial charge is 0.417 e. The standard InChI is InChI=1S/C58H58F3N5O18/c1-6-10-42(69)82-28-81-38-16-13-30(26-80-18-8-7-17-65-55(77)66(54(76)56(65,3)4)32-15-14-31(24-62)36(20-32)58(59,60)61)19-34(38)53(75)64-27-63-37-21-43(83-29(2)48(37)70)84-40-23-57(78,41(68)25-67)22-35-45(40)52(74)47-46(50(35)72)49(71)33-11-9-12-39(79-5)44(33)51(47)73/h9,11-16,19-20,29,37,40,43,48,63,67,70,72,74,78H,6,10,17-18,21-23,25-28H2,1-5H3,(H,64,75)/t29-,37-,40-,43-,48+,57-/m0/s1. The van der Waals surface area contributed by atoms with Crippen LogP contribution in [0.5, 0.6) is 23.0 Å². The van der Waals surface area contributed by atoms with Crippen molar-refractivity contribution in [2.75, 3.05) is 45.2 Å². The number of aromatic hydroxyl groups is 2. The molecule has 2 aliphatic carbocycles. The highest BCUT2D eigenvalue weighted by Crippen LogP contribution is 2.53. The maximum absolute atomic E-state index is 14.1. The van der Waals surface area contributed by atoms with Crippen LogP contribution in [-0.4, -0.2) is 148 Å². The molecular weight excluding hydrogens is 1110 g/mol. The first-order valence-corrected chi connectivity index (χ1v) is 26.3. The highest BCUT2D eigenvalue weighted by molar-refractivity contribution is 6.31. The van der Waals surface area contributed by atoms with Gasteiger partial charge in [-0.3, -0.25) is 39.0 Å². The summed E-state index contributed by atoms with van der Waals surface area (Å²) >= 11 is 0. The topological polar surface area (TPSA) is 330 Å². The van der Waals surface area contributed by atoms with Crippen LogP contribution in [0.25, 0.3) is 0 Å². The lowest BCUT2D eigenvalue weighted by atomic mass is 9.72. The Morgan fingerprint density at radius 2 is 1.70 bits per heavy atom. The number of ether oxygens (including phenoxy) is 6. The third-order valence-electron chi connectivity index (χ3n) is 14.9. The monoisotopic (exact) mass is 1170 g/mol. The molecule has 0 saturated carbocycles. The number of Topliss-reactive ketones (excluding diaryl/α,β-unsaturated/α-hetero) is 1. The number of ketones is 3. The van der Waals surface area contributed by atoms with E-state index < -0.39 is 149 Å². The summed E-state index contributed by atoms with van der Waals surface area (Å²) in [5.41, 5.74) is -7.98. The molecule has 444 valence electrons. The molecule has 0 radical (unpaired) electrons. The van der Waals surface area contributed by atoms with Crippen LogP contribution in [0.4, 0.5) is 23.7 Å². The van der Waals surface area contributed by atoms with E-state index in [1.54, 1.807) is 13.0 Å². The van der Waals surface area contributed by atoms with Gasteiger partial charge in [-0.15, -0.1) is 0 Å². The van der Waals surface area contributed by atoms with E-state index in [4.69, 9.17) is 28.4 Å². The minimum atomic E-state index is -4.94. The molecule has 2 heterocycles. The van der Waals surface area contributed by atoms with Gasteiger partial charge in [0.1, 0.15) is 47.4 Å². The fourth-order valence-electron chi connectivity index (χ4n) is 10.4. The molecule has 2 aliphatic heterocycles. The quantitative estimate of drug-likeness (QED) is 0.0151. The number of alkyl halides is 3. The molecule has 26 heteroatoms. The van der Waals surface area contributed by atoms with Crippen molar-refractivity contribution >= 4 is 46.9 Å². The maximum Gasteiger partial charge on any atom is 0.417 e. The molecule has 2 fully saturated rings. The molecule has 2 saturated heterocycles. The Kier molecular flexibility index (Phi) is 18.2. The lowest BCUT2D eigenvalue weighted by molar-refractivity contribution is -0.249. The number of carbonyl (C=O) groups excluding carboxylic acids is 7. The number of hydrogen-bond acceptors (Lipinski definition) is 20. The number of hydrogen-bond donors (Lipinski definition) is 7. The van der Waals surface area contributed by atoms with Gasteiger partial charge in [0, 0.05) is 48.4 Å². The van der Waals surface area contributed by atoms with Gasteiger partial charge in [-0.2, -0.15) is 18.4 Å². The lowest BCUT2D eigenvalue weighted by Crippen LogP contribution is -2.56. The first kappa shape index (κ1) is 61.6. The van der Waals surface area contributed by atoms with Crippen LogP contribution in [-0.2, 0) is 52.5 Å². The second kappa shape index (κ2) is 24.8. The zero-order chi connectivity index (χ0) is 61.2. The average molecular weight is 1170 g/mol. The van der Waals surface area contributed by atoms with Crippen molar-refractivity contribution in [3.63, 3.8) is 0 Å². The maximum atomic E-state index is 14.1. The number of halogens is 3. The number of phenolic OH excluding ortho intramolecular Hbond substituents is 2. The Hall–Kier alpha value is -8.47. The highest BCUT2D eigenvalue weighted by atomic mass is 19.4. The summed E-state index contributed by atoms with van der Waals surface area (Å²) in [5, 5.41) is 71.5. The predicted octanol–water partition coefficient (Wildman–Crippen LogP) is 4.36. The van der Waals surface area contributed by atoms with E-state index in [2.05, 4.69) is 22.5 Å². The number of esters is 1. The summed E-state index contributed by atoms with van der Waals surface area (Å²) in [4.78, 5) is 95.8. The van der Waals surface area contributed by atoms with Crippen molar-refractivity contribution in [3.05, 3.63) is 110 Å². The number of nitrogens with one attached hydrogen (secondary N) is 2. The molecule has 4 amide bonds. The zero-order valence-corrected chi connectivity index (χ0v) is 45.9. The number of nitriles is 1. The molecule has 0 spiro atoms. The van der Waals surface area contributed by atoms with Crippen LogP contribution in [0.15, 0.2) is 54.6 Å². The number of methoxy groups -OCH3 is 1. The van der Waals surface area contributed by atoms with Gasteiger partial charge in [-0.1, -0.05) is 37.0 Å². The Balaban J connectivity index is 0.942. The van der Waals surface area contributed by atoms with E-state index in [9.17, 15) is 77.5 Å². The Labute approximate surface area is 477 Å². The Morgan fingerprint density at radius 3 is 2.39 bits per heavy atom. The summed E-state index contributed by atoms with van der Waals surface area (Å²) in [6.45, 7) is 3.39. The second-order valence-corrected chi connectivity index (χ2v) is 20.6. The van der Waals surface area contributed by atoms with Crippen molar-refractivity contribution < 1.29 is 101 Å². The van der Waals surface area contributed by atoms with Gasteiger partial charge in [0.2, 0.25) is 12.6 Å². The van der Waals surface area contributed by atoms with Gasteiger partial charge in [-0.05, 0) is 69.2 Å². The molecule has 7 N–H and O–H groups in total. The Bertz CT molecular complexity index is 3440. The van der Waals surface area contributed by atoms with Gasteiger partial charge in [0.05, 0.1) is 90.4 Å². The van der Waals surface area contributed by atoms with Gasteiger partial charge >= 0.3 is 18.2 Å². The number of urea groups is 1.